The Bertz CT molecular complexity index is 1070. The minimum atomic E-state index is -0.215. The molecule has 3 aromatic rings. The van der Waals surface area contributed by atoms with Crippen LogP contribution in [0.15, 0.2) is 66.7 Å². The molecule has 3 nitrogen and oxygen atoms in total. The summed E-state index contributed by atoms with van der Waals surface area (Å²) in [5.74, 6) is 1.60. The summed E-state index contributed by atoms with van der Waals surface area (Å²) in [4.78, 5) is 2.47. The molecular weight excluding hydrogens is 363 g/mol. The Morgan fingerprint density at radius 1 is 0.966 bits per heavy atom. The highest BCUT2D eigenvalue weighted by atomic mass is 19.1. The topological polar surface area (TPSA) is 36.3 Å². The van der Waals surface area contributed by atoms with Crippen LogP contribution in [0.4, 0.5) is 4.39 Å². The van der Waals surface area contributed by atoms with Crippen LogP contribution in [0, 0.1) is 23.1 Å². The molecule has 0 aliphatic carbocycles. The summed E-state index contributed by atoms with van der Waals surface area (Å²) < 4.78 is 19.1. The van der Waals surface area contributed by atoms with Gasteiger partial charge in [-0.2, -0.15) is 5.26 Å². The summed E-state index contributed by atoms with van der Waals surface area (Å²) >= 11 is 0. The van der Waals surface area contributed by atoms with Crippen molar-refractivity contribution in [2.45, 2.75) is 12.5 Å². The van der Waals surface area contributed by atoms with E-state index in [9.17, 15) is 9.65 Å². The van der Waals surface area contributed by atoms with Crippen molar-refractivity contribution in [1.82, 2.24) is 4.90 Å². The van der Waals surface area contributed by atoms with Gasteiger partial charge in [0.05, 0.1) is 18.2 Å². The van der Waals surface area contributed by atoms with E-state index in [4.69, 9.17) is 4.74 Å². The Kier molecular flexibility index (Phi) is 4.54. The van der Waals surface area contributed by atoms with Gasteiger partial charge < -0.3 is 4.74 Å². The average Bonchev–Trinajstić information content (AvgIpc) is 3.17. The SMILES string of the molecule is N#Cc1ccc2c(c1)C1CN(Cc3ccc(-c4ccc(F)cc4)cc3)CC1CO2. The quantitative estimate of drug-likeness (QED) is 0.639. The van der Waals surface area contributed by atoms with Crippen molar-refractivity contribution in [1.29, 1.82) is 5.26 Å². The third-order valence-electron chi connectivity index (χ3n) is 6.05. The molecule has 4 heteroatoms. The number of fused-ring (bicyclic) bond motifs is 3. The highest BCUT2D eigenvalue weighted by Gasteiger charge is 2.38. The highest BCUT2D eigenvalue weighted by Crippen LogP contribution is 2.42. The van der Waals surface area contributed by atoms with Gasteiger partial charge in [-0.3, -0.25) is 4.90 Å². The molecule has 0 aromatic heterocycles. The van der Waals surface area contributed by atoms with Gasteiger partial charge >= 0.3 is 0 Å². The smallest absolute Gasteiger partial charge is 0.123 e. The van der Waals surface area contributed by atoms with Gasteiger partial charge in [0, 0.05) is 37.0 Å². The summed E-state index contributed by atoms with van der Waals surface area (Å²) in [7, 11) is 0. The molecule has 3 aromatic carbocycles. The zero-order valence-electron chi connectivity index (χ0n) is 16.0. The Hall–Kier alpha value is -3.16. The van der Waals surface area contributed by atoms with Crippen molar-refractivity contribution in [2.75, 3.05) is 19.7 Å². The van der Waals surface area contributed by atoms with Crippen molar-refractivity contribution in [2.24, 2.45) is 5.92 Å². The van der Waals surface area contributed by atoms with Crippen LogP contribution in [0.2, 0.25) is 0 Å². The first kappa shape index (κ1) is 17.9. The lowest BCUT2D eigenvalue weighted by Crippen LogP contribution is -2.25. The van der Waals surface area contributed by atoms with Gasteiger partial charge in [-0.15, -0.1) is 0 Å². The first-order valence-electron chi connectivity index (χ1n) is 9.94. The lowest BCUT2D eigenvalue weighted by molar-refractivity contribution is 0.212. The molecule has 0 spiro atoms. The van der Waals surface area contributed by atoms with Crippen LogP contribution in [0.3, 0.4) is 0 Å². The zero-order valence-corrected chi connectivity index (χ0v) is 16.0. The second-order valence-electron chi connectivity index (χ2n) is 7.94. The Balaban J connectivity index is 1.30. The second-order valence-corrected chi connectivity index (χ2v) is 7.94. The molecule has 2 heterocycles. The molecule has 0 bridgehead atoms. The molecule has 0 radical (unpaired) electrons. The number of hydrogen-bond donors (Lipinski definition) is 0. The number of likely N-dealkylation sites (tertiary alicyclic amines) is 1. The maximum absolute atomic E-state index is 13.1. The molecule has 2 unspecified atom stereocenters. The van der Waals surface area contributed by atoms with Crippen LogP contribution in [0.5, 0.6) is 5.75 Å². The highest BCUT2D eigenvalue weighted by molar-refractivity contribution is 5.63. The van der Waals surface area contributed by atoms with Crippen LogP contribution < -0.4 is 4.74 Å². The number of rotatable bonds is 3. The number of nitrogens with zero attached hydrogens (tertiary/aromatic N) is 2. The van der Waals surface area contributed by atoms with Crippen LogP contribution >= 0.6 is 0 Å². The van der Waals surface area contributed by atoms with E-state index in [1.54, 1.807) is 0 Å². The Morgan fingerprint density at radius 3 is 2.41 bits per heavy atom. The van der Waals surface area contributed by atoms with Gasteiger partial charge in [-0.1, -0.05) is 36.4 Å². The van der Waals surface area contributed by atoms with Gasteiger partial charge in [0.15, 0.2) is 0 Å². The molecule has 29 heavy (non-hydrogen) atoms. The molecule has 1 saturated heterocycles. The van der Waals surface area contributed by atoms with Crippen molar-refractivity contribution in [3.63, 3.8) is 0 Å². The average molecular weight is 384 g/mol. The summed E-state index contributed by atoms with van der Waals surface area (Å²) in [6, 6.07) is 23.1. The predicted molar refractivity (Wildman–Crippen MR) is 110 cm³/mol. The number of hydrogen-bond acceptors (Lipinski definition) is 3. The standard InChI is InChI=1S/C25H21FN2O/c26-22-8-6-20(7-9-22)19-4-1-17(2-5-19)13-28-14-21-16-29-25-10-3-18(12-27)11-23(25)24(21)15-28/h1-11,21,24H,13-16H2. The normalized spacial score (nSPS) is 20.4. The zero-order chi connectivity index (χ0) is 19.8. The largest absolute Gasteiger partial charge is 0.493 e. The van der Waals surface area contributed by atoms with Crippen LogP contribution in [-0.2, 0) is 6.54 Å². The number of ether oxygens (including phenoxy) is 1. The summed E-state index contributed by atoms with van der Waals surface area (Å²) in [5.41, 5.74) is 5.25. The molecule has 144 valence electrons. The Labute approximate surface area is 170 Å². The van der Waals surface area contributed by atoms with E-state index in [1.165, 1.54) is 23.3 Å². The molecule has 0 amide bonds. The van der Waals surface area contributed by atoms with Crippen LogP contribution in [0.25, 0.3) is 11.1 Å². The van der Waals surface area contributed by atoms with Crippen molar-refractivity contribution in [3.05, 3.63) is 89.2 Å². The van der Waals surface area contributed by atoms with E-state index in [-0.39, 0.29) is 5.82 Å². The van der Waals surface area contributed by atoms with Gasteiger partial charge in [-0.25, -0.2) is 4.39 Å². The summed E-state index contributed by atoms with van der Waals surface area (Å²) in [5, 5.41) is 9.22. The lowest BCUT2D eigenvalue weighted by atomic mass is 9.86. The molecule has 2 atom stereocenters. The van der Waals surface area contributed by atoms with Gasteiger partial charge in [0.1, 0.15) is 11.6 Å². The van der Waals surface area contributed by atoms with Crippen LogP contribution in [-0.4, -0.2) is 24.6 Å². The van der Waals surface area contributed by atoms with Crippen LogP contribution in [0.1, 0.15) is 22.6 Å². The van der Waals surface area contributed by atoms with Gasteiger partial charge in [-0.05, 0) is 47.0 Å². The van der Waals surface area contributed by atoms with E-state index in [0.717, 1.165) is 43.1 Å². The van der Waals surface area contributed by atoms with Crippen molar-refractivity contribution in [3.8, 4) is 22.9 Å². The fourth-order valence-corrected chi connectivity index (χ4v) is 4.55. The molecule has 0 saturated carbocycles. The fraction of sp³-hybridized carbons (Fsp3) is 0.240. The lowest BCUT2D eigenvalue weighted by Gasteiger charge is -2.27. The van der Waals surface area contributed by atoms with Crippen molar-refractivity contribution < 1.29 is 9.13 Å². The second kappa shape index (κ2) is 7.35. The first-order chi connectivity index (χ1) is 14.2. The van der Waals surface area contributed by atoms with Crippen molar-refractivity contribution >= 4 is 0 Å². The number of nitriles is 1. The molecule has 1 fully saturated rings. The summed E-state index contributed by atoms with van der Waals surface area (Å²) in [6.07, 6.45) is 0. The number of benzene rings is 3. The fourth-order valence-electron chi connectivity index (χ4n) is 4.55. The third kappa shape index (κ3) is 3.50. The Morgan fingerprint density at radius 2 is 1.69 bits per heavy atom. The minimum absolute atomic E-state index is 0.215. The van der Waals surface area contributed by atoms with E-state index in [1.807, 2.05) is 30.3 Å². The van der Waals surface area contributed by atoms with Gasteiger partial charge in [0.2, 0.25) is 0 Å². The molecular formula is C25H21FN2O. The van der Waals surface area contributed by atoms with Gasteiger partial charge in [0.25, 0.3) is 0 Å². The van der Waals surface area contributed by atoms with E-state index < -0.39 is 0 Å². The predicted octanol–water partition coefficient (Wildman–Crippen LogP) is 4.97. The summed E-state index contributed by atoms with van der Waals surface area (Å²) in [6.45, 7) is 3.61. The molecule has 2 aliphatic heterocycles. The molecule has 0 N–H and O–H groups in total. The maximum Gasteiger partial charge on any atom is 0.123 e. The van der Waals surface area contributed by atoms with E-state index >= 15 is 0 Å². The maximum atomic E-state index is 13.1. The number of halogens is 1. The minimum Gasteiger partial charge on any atom is -0.493 e. The molecule has 2 aliphatic rings. The molecule has 5 rings (SSSR count). The third-order valence-corrected chi connectivity index (χ3v) is 6.05. The monoisotopic (exact) mass is 384 g/mol. The van der Waals surface area contributed by atoms with E-state index in [0.29, 0.717) is 17.4 Å². The van der Waals surface area contributed by atoms with E-state index in [2.05, 4.69) is 35.2 Å². The first-order valence-corrected chi connectivity index (χ1v) is 9.94.